The first kappa shape index (κ1) is 32.3. The number of carbonyl (C=O) groups is 1. The van der Waals surface area contributed by atoms with Crippen molar-refractivity contribution < 1.29 is 26.7 Å². The molecule has 0 atom stereocenters. The number of piperazine rings is 1. The monoisotopic (exact) mass is 639 g/mol. The van der Waals surface area contributed by atoms with Gasteiger partial charge < -0.3 is 19.1 Å². The Bertz CT molecular complexity index is 1830. The van der Waals surface area contributed by atoms with Crippen LogP contribution in [0.15, 0.2) is 48.9 Å². The number of rotatable bonds is 8. The Morgan fingerprint density at radius 3 is 2.42 bits per heavy atom. The summed E-state index contributed by atoms with van der Waals surface area (Å²) in [6.07, 6.45) is 5.88. The van der Waals surface area contributed by atoms with Crippen molar-refractivity contribution in [1.29, 1.82) is 0 Å². The molecule has 1 amide bonds. The SMILES string of the molecule is CCCS(=O)(=O)Cc1ccc(F)c(-n2cc(-c3cncc(CC)c3)c3nc(N4CCN(C(=O)OC(C)(C)C)CC4)ccc32)c1F. The zero-order chi connectivity index (χ0) is 32.5. The summed E-state index contributed by atoms with van der Waals surface area (Å²) < 4.78 is 63.4. The zero-order valence-corrected chi connectivity index (χ0v) is 27.1. The van der Waals surface area contributed by atoms with Gasteiger partial charge in [0, 0.05) is 61.5 Å². The Hall–Kier alpha value is -4.06. The molecule has 0 bridgehead atoms. The highest BCUT2D eigenvalue weighted by Gasteiger charge is 2.28. The summed E-state index contributed by atoms with van der Waals surface area (Å²) in [5.41, 5.74) is 2.28. The molecule has 0 radical (unpaired) electrons. The van der Waals surface area contributed by atoms with Gasteiger partial charge in [-0.05, 0) is 63.4 Å². The smallest absolute Gasteiger partial charge is 0.410 e. The van der Waals surface area contributed by atoms with Crippen LogP contribution in [0.3, 0.4) is 0 Å². The molecule has 0 N–H and O–H groups in total. The van der Waals surface area contributed by atoms with Gasteiger partial charge in [-0.2, -0.15) is 0 Å². The number of hydrogen-bond acceptors (Lipinski definition) is 7. The number of ether oxygens (including phenoxy) is 1. The van der Waals surface area contributed by atoms with E-state index in [-0.39, 0.29) is 23.1 Å². The van der Waals surface area contributed by atoms with Crippen LogP contribution in [-0.2, 0) is 26.7 Å². The molecular formula is C33H39F2N5O4S. The topological polar surface area (TPSA) is 97.6 Å². The minimum absolute atomic E-state index is 0.0880. The molecule has 5 rings (SSSR count). The number of amides is 1. The van der Waals surface area contributed by atoms with E-state index in [4.69, 9.17) is 9.72 Å². The second-order valence-electron chi connectivity index (χ2n) is 12.3. The molecule has 0 saturated carbocycles. The summed E-state index contributed by atoms with van der Waals surface area (Å²) in [5.74, 6) is -1.71. The second-order valence-corrected chi connectivity index (χ2v) is 14.5. The Morgan fingerprint density at radius 2 is 1.76 bits per heavy atom. The van der Waals surface area contributed by atoms with Crippen LogP contribution in [-0.4, -0.2) is 71.5 Å². The first-order chi connectivity index (χ1) is 21.3. The number of halogens is 2. The van der Waals surface area contributed by atoms with E-state index in [1.807, 2.05) is 33.8 Å². The maximum absolute atomic E-state index is 16.0. The summed E-state index contributed by atoms with van der Waals surface area (Å²) in [5, 5.41) is 0. The van der Waals surface area contributed by atoms with Gasteiger partial charge in [-0.25, -0.2) is 27.0 Å². The van der Waals surface area contributed by atoms with E-state index in [0.717, 1.165) is 23.6 Å². The third-order valence-corrected chi connectivity index (χ3v) is 9.46. The van der Waals surface area contributed by atoms with Crippen LogP contribution in [0.5, 0.6) is 0 Å². The Labute approximate surface area is 262 Å². The number of anilines is 1. The van der Waals surface area contributed by atoms with Crippen molar-refractivity contribution >= 4 is 32.8 Å². The lowest BCUT2D eigenvalue weighted by molar-refractivity contribution is 0.0240. The van der Waals surface area contributed by atoms with Gasteiger partial charge >= 0.3 is 6.09 Å². The van der Waals surface area contributed by atoms with Gasteiger partial charge in [0.1, 0.15) is 22.9 Å². The summed E-state index contributed by atoms with van der Waals surface area (Å²) >= 11 is 0. The third-order valence-electron chi connectivity index (χ3n) is 7.68. The number of fused-ring (bicyclic) bond motifs is 1. The quantitative estimate of drug-likeness (QED) is 0.223. The van der Waals surface area contributed by atoms with Crippen molar-refractivity contribution in [2.24, 2.45) is 0 Å². The number of aryl methyl sites for hydroxylation is 1. The number of nitrogens with zero attached hydrogens (tertiary/aromatic N) is 5. The molecule has 1 fully saturated rings. The predicted octanol–water partition coefficient (Wildman–Crippen LogP) is 6.31. The lowest BCUT2D eigenvalue weighted by atomic mass is 10.1. The fourth-order valence-corrected chi connectivity index (χ4v) is 6.94. The molecule has 240 valence electrons. The van der Waals surface area contributed by atoms with E-state index in [1.54, 1.807) is 42.5 Å². The molecule has 1 aliphatic rings. The number of carbonyl (C=O) groups excluding carboxylic acids is 1. The van der Waals surface area contributed by atoms with Gasteiger partial charge in [-0.1, -0.05) is 19.9 Å². The maximum atomic E-state index is 16.0. The van der Waals surface area contributed by atoms with E-state index in [2.05, 4.69) is 9.88 Å². The summed E-state index contributed by atoms with van der Waals surface area (Å²) in [7, 11) is -3.57. The average molecular weight is 640 g/mol. The number of pyridine rings is 2. The largest absolute Gasteiger partial charge is 0.444 e. The predicted molar refractivity (Wildman–Crippen MR) is 171 cm³/mol. The molecule has 1 saturated heterocycles. The van der Waals surface area contributed by atoms with Gasteiger partial charge in [0.15, 0.2) is 15.7 Å². The molecule has 0 aliphatic carbocycles. The van der Waals surface area contributed by atoms with E-state index in [0.29, 0.717) is 55.0 Å². The minimum atomic E-state index is -3.57. The highest BCUT2D eigenvalue weighted by atomic mass is 32.2. The van der Waals surface area contributed by atoms with Crippen molar-refractivity contribution in [1.82, 2.24) is 19.4 Å². The Kier molecular flexibility index (Phi) is 9.16. The van der Waals surface area contributed by atoms with Crippen molar-refractivity contribution in [3.8, 4) is 16.8 Å². The van der Waals surface area contributed by atoms with Crippen LogP contribution in [0.1, 0.15) is 52.2 Å². The molecule has 0 unspecified atom stereocenters. The van der Waals surface area contributed by atoms with E-state index >= 15 is 8.78 Å². The molecule has 1 aliphatic heterocycles. The number of benzene rings is 1. The molecule has 3 aromatic heterocycles. The molecule has 45 heavy (non-hydrogen) atoms. The van der Waals surface area contributed by atoms with E-state index in [1.165, 1.54) is 10.6 Å². The van der Waals surface area contributed by atoms with Crippen LogP contribution >= 0.6 is 0 Å². The van der Waals surface area contributed by atoms with E-state index in [9.17, 15) is 13.2 Å². The molecule has 1 aromatic carbocycles. The molecule has 0 spiro atoms. The van der Waals surface area contributed by atoms with Gasteiger partial charge in [-0.3, -0.25) is 4.98 Å². The van der Waals surface area contributed by atoms with Crippen molar-refractivity contribution in [3.63, 3.8) is 0 Å². The van der Waals surface area contributed by atoms with Crippen molar-refractivity contribution in [2.75, 3.05) is 36.8 Å². The van der Waals surface area contributed by atoms with Crippen LogP contribution in [0.2, 0.25) is 0 Å². The fraction of sp³-hybridized carbons (Fsp3) is 0.424. The number of hydrogen-bond donors (Lipinski definition) is 0. The highest BCUT2D eigenvalue weighted by molar-refractivity contribution is 7.90. The first-order valence-corrected chi connectivity index (χ1v) is 17.0. The minimum Gasteiger partial charge on any atom is -0.444 e. The number of aromatic nitrogens is 3. The number of sulfone groups is 1. The lowest BCUT2D eigenvalue weighted by Crippen LogP contribution is -2.50. The fourth-order valence-electron chi connectivity index (χ4n) is 5.47. The van der Waals surface area contributed by atoms with E-state index < -0.39 is 32.8 Å². The van der Waals surface area contributed by atoms with Gasteiger partial charge in [0.2, 0.25) is 0 Å². The first-order valence-electron chi connectivity index (χ1n) is 15.2. The highest BCUT2D eigenvalue weighted by Crippen LogP contribution is 2.35. The molecule has 4 aromatic rings. The normalized spacial score (nSPS) is 14.3. The van der Waals surface area contributed by atoms with Crippen molar-refractivity contribution in [2.45, 2.75) is 58.8 Å². The van der Waals surface area contributed by atoms with Crippen LogP contribution in [0.4, 0.5) is 19.4 Å². The lowest BCUT2D eigenvalue weighted by Gasteiger charge is -2.36. The van der Waals surface area contributed by atoms with Gasteiger partial charge in [-0.15, -0.1) is 0 Å². The molecule has 4 heterocycles. The van der Waals surface area contributed by atoms with Gasteiger partial charge in [0.05, 0.1) is 22.5 Å². The third kappa shape index (κ3) is 7.11. The van der Waals surface area contributed by atoms with Gasteiger partial charge in [0.25, 0.3) is 0 Å². The second kappa shape index (κ2) is 12.7. The summed E-state index contributed by atoms with van der Waals surface area (Å²) in [6.45, 7) is 11.2. The van der Waals surface area contributed by atoms with Crippen LogP contribution < -0.4 is 4.90 Å². The zero-order valence-electron chi connectivity index (χ0n) is 26.3. The standard InChI is InChI=1S/C33H39F2N5O4S/c1-6-16-45(42,43)21-23-8-9-26(34)31(29(23)35)40-20-25(24-17-22(7-2)18-36-19-24)30-27(40)10-11-28(37-30)38-12-14-39(15-13-38)32(41)44-33(3,4)5/h8-11,17-20H,6-7,12-16,21H2,1-5H3. The Morgan fingerprint density at radius 1 is 1.02 bits per heavy atom. The van der Waals surface area contributed by atoms with Crippen LogP contribution in [0.25, 0.3) is 27.8 Å². The average Bonchev–Trinajstić information content (AvgIpc) is 3.36. The Balaban J connectivity index is 1.57. The van der Waals surface area contributed by atoms with Crippen LogP contribution in [0, 0.1) is 11.6 Å². The molecule has 9 nitrogen and oxygen atoms in total. The molecule has 12 heteroatoms. The van der Waals surface area contributed by atoms with Crippen molar-refractivity contribution in [3.05, 3.63) is 71.7 Å². The molecular weight excluding hydrogens is 600 g/mol. The summed E-state index contributed by atoms with van der Waals surface area (Å²) in [6, 6.07) is 7.82. The summed E-state index contributed by atoms with van der Waals surface area (Å²) in [4.78, 5) is 25.7. The maximum Gasteiger partial charge on any atom is 0.410 e.